The Kier molecular flexibility index (Phi) is 1.67. The first-order valence-electron chi connectivity index (χ1n) is 5.95. The highest BCUT2D eigenvalue weighted by Gasteiger charge is 1.99. The van der Waals surface area contributed by atoms with Crippen molar-refractivity contribution in [3.63, 3.8) is 0 Å². The molecule has 0 atom stereocenters. The van der Waals surface area contributed by atoms with Gasteiger partial charge in [-0.15, -0.1) is 0 Å². The molecule has 2 aromatic rings. The summed E-state index contributed by atoms with van der Waals surface area (Å²) in [5.41, 5.74) is 2.22. The van der Waals surface area contributed by atoms with Gasteiger partial charge in [0.2, 0.25) is 0 Å². The minimum atomic E-state index is -2.14. The monoisotopic (exact) mass is 197 g/mol. The zero-order chi connectivity index (χ0) is 13.2. The predicted octanol–water partition coefficient (Wildman–Crippen LogP) is 3.61. The fourth-order valence-electron chi connectivity index (χ4n) is 1.30. The number of aryl methyl sites for hydroxylation is 1. The van der Waals surface area contributed by atoms with E-state index in [9.17, 15) is 0 Å². The van der Waals surface area contributed by atoms with Crippen molar-refractivity contribution in [2.45, 2.75) is 6.85 Å². The molecule has 0 spiro atoms. The van der Waals surface area contributed by atoms with E-state index in [4.69, 9.17) is 10.7 Å². The fourth-order valence-corrected chi connectivity index (χ4v) is 1.30. The van der Waals surface area contributed by atoms with Gasteiger partial charge in [-0.1, -0.05) is 24.3 Å². The zero-order valence-corrected chi connectivity index (χ0v) is 7.94. The van der Waals surface area contributed by atoms with Crippen molar-refractivity contribution in [3.05, 3.63) is 59.6 Å². The second kappa shape index (κ2) is 3.93. The van der Waals surface area contributed by atoms with Crippen molar-refractivity contribution in [2.24, 2.45) is 0 Å². The Morgan fingerprint density at radius 2 is 2.27 bits per heavy atom. The lowest BCUT2D eigenvalue weighted by Crippen LogP contribution is -1.83. The average molecular weight is 197 g/mol. The van der Waals surface area contributed by atoms with E-state index >= 15 is 0 Å². The summed E-state index contributed by atoms with van der Waals surface area (Å²) in [7, 11) is 0. The lowest BCUT2D eigenvalue weighted by atomic mass is 10.1. The molecular formula is C13H10N2. The smallest absolute Gasteiger partial charge is 0.187 e. The molecule has 0 unspecified atom stereocenters. The van der Waals surface area contributed by atoms with Crippen LogP contribution in [0.3, 0.4) is 0 Å². The molecule has 2 nitrogen and oxygen atoms in total. The first kappa shape index (κ1) is 6.36. The average Bonchev–Trinajstić information content (AvgIpc) is 2.38. The molecule has 0 bridgehead atoms. The second-order valence-electron chi connectivity index (χ2n) is 3.09. The molecule has 15 heavy (non-hydrogen) atoms. The molecule has 0 saturated carbocycles. The van der Waals surface area contributed by atoms with Crippen LogP contribution in [0.2, 0.25) is 0 Å². The SMILES string of the molecule is [2H]C([2H])([2H])c1ccc(-c2cccc([N+]#[C-])c2)nc1. The number of aromatic nitrogens is 1. The molecule has 0 fully saturated rings. The third kappa shape index (κ3) is 2.03. The van der Waals surface area contributed by atoms with Crippen molar-refractivity contribution >= 4 is 5.69 Å². The van der Waals surface area contributed by atoms with Crippen molar-refractivity contribution in [1.29, 1.82) is 0 Å². The van der Waals surface area contributed by atoms with Crippen molar-refractivity contribution < 1.29 is 4.11 Å². The molecule has 0 aliphatic heterocycles. The van der Waals surface area contributed by atoms with Gasteiger partial charge in [0.05, 0.1) is 12.3 Å². The molecule has 0 aliphatic rings. The van der Waals surface area contributed by atoms with Crippen LogP contribution in [0.4, 0.5) is 5.69 Å². The third-order valence-corrected chi connectivity index (χ3v) is 2.03. The Morgan fingerprint density at radius 3 is 2.93 bits per heavy atom. The lowest BCUT2D eigenvalue weighted by molar-refractivity contribution is 1.27. The second-order valence-corrected chi connectivity index (χ2v) is 3.09. The summed E-state index contributed by atoms with van der Waals surface area (Å²) < 4.78 is 21.8. The standard InChI is InChI=1S/C13H10N2/c1-10-6-7-13(15-9-10)11-4-3-5-12(8-11)14-2/h3-9H,1H3/i1D3. The molecule has 0 aliphatic carbocycles. The van der Waals surface area contributed by atoms with Gasteiger partial charge in [0.25, 0.3) is 0 Å². The van der Waals surface area contributed by atoms with E-state index in [0.717, 1.165) is 5.56 Å². The number of pyridine rings is 1. The van der Waals surface area contributed by atoms with Gasteiger partial charge in [-0.3, -0.25) is 4.98 Å². The Labute approximate surface area is 93.3 Å². The van der Waals surface area contributed by atoms with E-state index in [1.165, 1.54) is 6.20 Å². The van der Waals surface area contributed by atoms with Gasteiger partial charge in [0, 0.05) is 10.3 Å². The lowest BCUT2D eigenvalue weighted by Gasteiger charge is -2.01. The molecule has 0 amide bonds. The Bertz CT molecular complexity index is 595. The molecule has 2 rings (SSSR count). The summed E-state index contributed by atoms with van der Waals surface area (Å²) in [4.78, 5) is 7.47. The maximum Gasteiger partial charge on any atom is 0.187 e. The molecule has 2 heteroatoms. The molecule has 0 radical (unpaired) electrons. The first-order chi connectivity index (χ1) is 8.50. The van der Waals surface area contributed by atoms with E-state index < -0.39 is 6.85 Å². The van der Waals surface area contributed by atoms with Gasteiger partial charge >= 0.3 is 0 Å². The molecule has 1 heterocycles. The number of hydrogen-bond donors (Lipinski definition) is 0. The highest BCUT2D eigenvalue weighted by Crippen LogP contribution is 2.22. The van der Waals surface area contributed by atoms with Crippen LogP contribution in [0.25, 0.3) is 16.1 Å². The van der Waals surface area contributed by atoms with Crippen LogP contribution in [0.15, 0.2) is 42.6 Å². The summed E-state index contributed by atoms with van der Waals surface area (Å²) in [6.07, 6.45) is 1.35. The van der Waals surface area contributed by atoms with Crippen LogP contribution in [0.1, 0.15) is 9.68 Å². The molecule has 0 saturated heterocycles. The van der Waals surface area contributed by atoms with Gasteiger partial charge in [-0.05, 0) is 30.1 Å². The van der Waals surface area contributed by atoms with Crippen molar-refractivity contribution in [2.75, 3.05) is 0 Å². The third-order valence-electron chi connectivity index (χ3n) is 2.03. The quantitative estimate of drug-likeness (QED) is 0.638. The van der Waals surface area contributed by atoms with Gasteiger partial charge in [-0.2, -0.15) is 0 Å². The zero-order valence-electron chi connectivity index (χ0n) is 10.9. The fraction of sp³-hybridized carbons (Fsp3) is 0.0769. The van der Waals surface area contributed by atoms with Gasteiger partial charge in [-0.25, -0.2) is 4.85 Å². The summed E-state index contributed by atoms with van der Waals surface area (Å²) in [5, 5.41) is 0. The maximum absolute atomic E-state index is 7.27. The number of benzene rings is 1. The van der Waals surface area contributed by atoms with Gasteiger partial charge in [0.15, 0.2) is 5.69 Å². The number of hydrogen-bond acceptors (Lipinski definition) is 1. The minimum absolute atomic E-state index is 0.215. The Hall–Kier alpha value is -2.14. The van der Waals surface area contributed by atoms with Crippen LogP contribution in [-0.4, -0.2) is 4.98 Å². The summed E-state index contributed by atoms with van der Waals surface area (Å²) >= 11 is 0. The van der Waals surface area contributed by atoms with Crippen LogP contribution >= 0.6 is 0 Å². The van der Waals surface area contributed by atoms with Gasteiger partial charge < -0.3 is 0 Å². The molecule has 1 aromatic heterocycles. The van der Waals surface area contributed by atoms with E-state index in [1.807, 2.05) is 6.07 Å². The minimum Gasteiger partial charge on any atom is -0.256 e. The molecule has 0 N–H and O–H groups in total. The van der Waals surface area contributed by atoms with Crippen LogP contribution in [0.5, 0.6) is 0 Å². The Balaban J connectivity index is 2.38. The number of rotatable bonds is 1. The number of nitrogens with zero attached hydrogens (tertiary/aromatic N) is 2. The van der Waals surface area contributed by atoms with Crippen molar-refractivity contribution in [1.82, 2.24) is 4.98 Å². The van der Waals surface area contributed by atoms with Crippen LogP contribution in [0, 0.1) is 13.4 Å². The highest BCUT2D eigenvalue weighted by atomic mass is 14.7. The van der Waals surface area contributed by atoms with E-state index in [1.54, 1.807) is 30.3 Å². The largest absolute Gasteiger partial charge is 0.256 e. The highest BCUT2D eigenvalue weighted by molar-refractivity contribution is 5.65. The van der Waals surface area contributed by atoms with Crippen LogP contribution in [-0.2, 0) is 0 Å². The predicted molar refractivity (Wildman–Crippen MR) is 60.7 cm³/mol. The first-order valence-corrected chi connectivity index (χ1v) is 4.45. The van der Waals surface area contributed by atoms with Crippen molar-refractivity contribution in [3.8, 4) is 11.3 Å². The van der Waals surface area contributed by atoms with E-state index in [0.29, 0.717) is 11.4 Å². The summed E-state index contributed by atoms with van der Waals surface area (Å²) in [6.45, 7) is 4.81. The van der Waals surface area contributed by atoms with Crippen LogP contribution < -0.4 is 0 Å². The van der Waals surface area contributed by atoms with E-state index in [2.05, 4.69) is 9.83 Å². The van der Waals surface area contributed by atoms with Gasteiger partial charge in [0.1, 0.15) is 0 Å². The maximum atomic E-state index is 7.27. The molecule has 1 aromatic carbocycles. The normalized spacial score (nSPS) is 13.4. The summed E-state index contributed by atoms with van der Waals surface area (Å²) in [6, 6.07) is 10.3. The van der Waals surface area contributed by atoms with E-state index in [-0.39, 0.29) is 5.56 Å². The molecular weight excluding hydrogens is 184 g/mol. The Morgan fingerprint density at radius 1 is 1.33 bits per heavy atom. The summed E-state index contributed by atoms with van der Waals surface area (Å²) in [5.74, 6) is 0. The molecule has 72 valence electrons. The topological polar surface area (TPSA) is 17.2 Å².